The number of benzene rings is 2. The van der Waals surface area contributed by atoms with Crippen LogP contribution >= 0.6 is 11.3 Å². The molecule has 0 spiro atoms. The lowest BCUT2D eigenvalue weighted by Crippen LogP contribution is -2.40. The molecule has 1 fully saturated rings. The second-order valence-corrected chi connectivity index (χ2v) is 8.38. The van der Waals surface area contributed by atoms with Crippen molar-refractivity contribution in [3.05, 3.63) is 54.1 Å². The van der Waals surface area contributed by atoms with E-state index in [2.05, 4.69) is 4.90 Å². The highest BCUT2D eigenvalue weighted by molar-refractivity contribution is 7.22. The van der Waals surface area contributed by atoms with Crippen LogP contribution in [-0.4, -0.2) is 61.8 Å². The van der Waals surface area contributed by atoms with Crippen LogP contribution in [0.2, 0.25) is 0 Å². The summed E-state index contributed by atoms with van der Waals surface area (Å²) in [5, 5.41) is 0.733. The number of fused-ring (bicyclic) bond motifs is 1. The number of para-hydroxylation sites is 2. The standard InChI is InChI=1S/C23H27N3O3S/c1-18-7-2-4-9-20(18)29-17-22(27)26(12-6-11-25-13-15-28-16-14-25)23-24-19-8-3-5-10-21(19)30-23/h2-5,7-10H,6,11-17H2,1H3. The van der Waals surface area contributed by atoms with Crippen LogP contribution in [0.4, 0.5) is 5.13 Å². The van der Waals surface area contributed by atoms with Gasteiger partial charge in [-0.1, -0.05) is 41.7 Å². The molecule has 158 valence electrons. The smallest absolute Gasteiger partial charge is 0.266 e. The van der Waals surface area contributed by atoms with E-state index in [1.165, 1.54) is 0 Å². The number of amides is 1. The minimum absolute atomic E-state index is 0.00165. The number of hydrogen-bond acceptors (Lipinski definition) is 6. The molecular weight excluding hydrogens is 398 g/mol. The second kappa shape index (κ2) is 10.0. The fraction of sp³-hybridized carbons (Fsp3) is 0.391. The van der Waals surface area contributed by atoms with E-state index in [9.17, 15) is 4.79 Å². The summed E-state index contributed by atoms with van der Waals surface area (Å²) in [5.74, 6) is 0.669. The van der Waals surface area contributed by atoms with Gasteiger partial charge < -0.3 is 9.47 Å². The van der Waals surface area contributed by atoms with Crippen molar-refractivity contribution in [2.24, 2.45) is 0 Å². The third-order valence-electron chi connectivity index (χ3n) is 5.22. The largest absolute Gasteiger partial charge is 0.483 e. The fourth-order valence-electron chi connectivity index (χ4n) is 3.52. The number of morpholine rings is 1. The van der Waals surface area contributed by atoms with Gasteiger partial charge in [-0.3, -0.25) is 14.6 Å². The van der Waals surface area contributed by atoms with Crippen molar-refractivity contribution in [3.8, 4) is 5.75 Å². The molecule has 6 nitrogen and oxygen atoms in total. The van der Waals surface area contributed by atoms with Gasteiger partial charge in [-0.25, -0.2) is 4.98 Å². The first-order valence-corrected chi connectivity index (χ1v) is 11.2. The lowest BCUT2D eigenvalue weighted by molar-refractivity contribution is -0.120. The van der Waals surface area contributed by atoms with Crippen molar-refractivity contribution in [2.75, 3.05) is 50.9 Å². The van der Waals surface area contributed by atoms with Crippen LogP contribution in [0.1, 0.15) is 12.0 Å². The SMILES string of the molecule is Cc1ccccc1OCC(=O)N(CCCN1CCOCC1)c1nc2ccccc2s1. The molecule has 1 aliphatic rings. The van der Waals surface area contributed by atoms with Crippen molar-refractivity contribution in [1.29, 1.82) is 0 Å². The lowest BCUT2D eigenvalue weighted by atomic mass is 10.2. The van der Waals surface area contributed by atoms with E-state index in [1.807, 2.05) is 55.5 Å². The van der Waals surface area contributed by atoms with E-state index in [0.717, 1.165) is 65.9 Å². The molecule has 4 rings (SSSR count). The highest BCUT2D eigenvalue weighted by Gasteiger charge is 2.21. The molecule has 1 amide bonds. The van der Waals surface area contributed by atoms with Gasteiger partial charge in [-0.2, -0.15) is 0 Å². The number of thiazole rings is 1. The molecule has 1 aliphatic heterocycles. The van der Waals surface area contributed by atoms with Crippen molar-refractivity contribution in [3.63, 3.8) is 0 Å². The normalized spacial score (nSPS) is 14.7. The minimum Gasteiger partial charge on any atom is -0.483 e. The van der Waals surface area contributed by atoms with Gasteiger partial charge in [0.05, 0.1) is 23.4 Å². The van der Waals surface area contributed by atoms with Crippen molar-refractivity contribution in [1.82, 2.24) is 9.88 Å². The maximum Gasteiger partial charge on any atom is 0.266 e. The molecule has 0 atom stereocenters. The van der Waals surface area contributed by atoms with E-state index in [-0.39, 0.29) is 12.5 Å². The topological polar surface area (TPSA) is 54.9 Å². The van der Waals surface area contributed by atoms with Crippen LogP contribution in [0, 0.1) is 6.92 Å². The quantitative estimate of drug-likeness (QED) is 0.550. The first kappa shape index (κ1) is 20.8. The third kappa shape index (κ3) is 5.16. The predicted octanol–water partition coefficient (Wildman–Crippen LogP) is 3.74. The number of carbonyl (C=O) groups excluding carboxylic acids is 1. The van der Waals surface area contributed by atoms with Crippen molar-refractivity contribution >= 4 is 32.6 Å². The van der Waals surface area contributed by atoms with E-state index in [0.29, 0.717) is 6.54 Å². The van der Waals surface area contributed by atoms with Crippen LogP contribution in [-0.2, 0) is 9.53 Å². The number of rotatable bonds is 8. The highest BCUT2D eigenvalue weighted by atomic mass is 32.1. The lowest BCUT2D eigenvalue weighted by Gasteiger charge is -2.27. The zero-order valence-electron chi connectivity index (χ0n) is 17.3. The summed E-state index contributed by atoms with van der Waals surface area (Å²) in [6, 6.07) is 15.7. The van der Waals surface area contributed by atoms with Gasteiger partial charge >= 0.3 is 0 Å². The predicted molar refractivity (Wildman–Crippen MR) is 121 cm³/mol. The van der Waals surface area contributed by atoms with Crippen LogP contribution in [0.15, 0.2) is 48.5 Å². The van der Waals surface area contributed by atoms with E-state index in [1.54, 1.807) is 16.2 Å². The molecule has 0 unspecified atom stereocenters. The first-order valence-electron chi connectivity index (χ1n) is 10.4. The number of nitrogens with zero attached hydrogens (tertiary/aromatic N) is 3. The van der Waals surface area contributed by atoms with Gasteiger partial charge in [0.25, 0.3) is 5.91 Å². The van der Waals surface area contributed by atoms with Gasteiger partial charge in [-0.15, -0.1) is 0 Å². The number of ether oxygens (including phenoxy) is 2. The van der Waals surface area contributed by atoms with Crippen molar-refractivity contribution in [2.45, 2.75) is 13.3 Å². The molecule has 2 aromatic carbocycles. The summed E-state index contributed by atoms with van der Waals surface area (Å²) < 4.78 is 12.3. The van der Waals surface area contributed by atoms with Gasteiger partial charge in [0.15, 0.2) is 11.7 Å². The molecule has 1 saturated heterocycles. The maximum atomic E-state index is 13.1. The molecule has 2 heterocycles. The Labute approximate surface area is 181 Å². The summed E-state index contributed by atoms with van der Waals surface area (Å²) >= 11 is 1.55. The Bertz CT molecular complexity index is 951. The summed E-state index contributed by atoms with van der Waals surface area (Å²) in [5.41, 5.74) is 1.94. The minimum atomic E-state index is -0.0701. The molecule has 7 heteroatoms. The van der Waals surface area contributed by atoms with Gasteiger partial charge in [-0.05, 0) is 37.1 Å². The molecule has 0 bridgehead atoms. The van der Waals surface area contributed by atoms with Crippen LogP contribution in [0.5, 0.6) is 5.75 Å². The van der Waals surface area contributed by atoms with E-state index in [4.69, 9.17) is 14.5 Å². The third-order valence-corrected chi connectivity index (χ3v) is 6.28. The molecule has 0 radical (unpaired) electrons. The Hall–Kier alpha value is -2.48. The zero-order chi connectivity index (χ0) is 20.8. The van der Waals surface area contributed by atoms with Crippen molar-refractivity contribution < 1.29 is 14.3 Å². The molecule has 0 N–H and O–H groups in total. The molecule has 0 aliphatic carbocycles. The van der Waals surface area contributed by atoms with Gasteiger partial charge in [0.1, 0.15) is 5.75 Å². The van der Waals surface area contributed by atoms with E-state index < -0.39 is 0 Å². The number of hydrogen-bond donors (Lipinski definition) is 0. The average Bonchev–Trinajstić information content (AvgIpc) is 3.20. The van der Waals surface area contributed by atoms with E-state index >= 15 is 0 Å². The number of aromatic nitrogens is 1. The molecule has 3 aromatic rings. The first-order chi connectivity index (χ1) is 14.7. The monoisotopic (exact) mass is 425 g/mol. The summed E-state index contributed by atoms with van der Waals surface area (Å²) in [6.45, 7) is 7.00. The Balaban J connectivity index is 1.45. The van der Waals surface area contributed by atoms with Crippen LogP contribution in [0.25, 0.3) is 10.2 Å². The maximum absolute atomic E-state index is 13.1. The Morgan fingerprint density at radius 1 is 1.17 bits per heavy atom. The molecule has 1 aromatic heterocycles. The zero-order valence-corrected chi connectivity index (χ0v) is 18.1. The van der Waals surface area contributed by atoms with Gasteiger partial charge in [0, 0.05) is 26.2 Å². The van der Waals surface area contributed by atoms with Gasteiger partial charge in [0.2, 0.25) is 0 Å². The Morgan fingerprint density at radius 3 is 2.73 bits per heavy atom. The number of anilines is 1. The molecule has 0 saturated carbocycles. The highest BCUT2D eigenvalue weighted by Crippen LogP contribution is 2.29. The number of aryl methyl sites for hydroxylation is 1. The Kier molecular flexibility index (Phi) is 6.94. The fourth-order valence-corrected chi connectivity index (χ4v) is 4.52. The second-order valence-electron chi connectivity index (χ2n) is 7.37. The molecular formula is C23H27N3O3S. The summed E-state index contributed by atoms with van der Waals surface area (Å²) in [7, 11) is 0. The summed E-state index contributed by atoms with van der Waals surface area (Å²) in [4.78, 5) is 22.0. The van der Waals surface area contributed by atoms with Crippen LogP contribution < -0.4 is 9.64 Å². The Morgan fingerprint density at radius 2 is 1.93 bits per heavy atom. The number of carbonyl (C=O) groups is 1. The average molecular weight is 426 g/mol. The van der Waals surface area contributed by atoms with Crippen LogP contribution in [0.3, 0.4) is 0 Å². The summed E-state index contributed by atoms with van der Waals surface area (Å²) in [6.07, 6.45) is 0.881. The molecule has 30 heavy (non-hydrogen) atoms.